The molecule has 4 heteroatoms. The van der Waals surface area contributed by atoms with Crippen molar-refractivity contribution in [1.29, 1.82) is 0 Å². The molecule has 20 heavy (non-hydrogen) atoms. The van der Waals surface area contributed by atoms with Gasteiger partial charge in [0.25, 0.3) is 0 Å². The van der Waals surface area contributed by atoms with Crippen LogP contribution in [-0.4, -0.2) is 24.9 Å². The Morgan fingerprint density at radius 2 is 2.00 bits per heavy atom. The molecule has 0 fully saturated rings. The van der Waals surface area contributed by atoms with Gasteiger partial charge in [0.1, 0.15) is 5.75 Å². The molecule has 0 aliphatic carbocycles. The molecule has 1 aromatic carbocycles. The minimum atomic E-state index is 0.290. The molecule has 0 aliphatic rings. The second kappa shape index (κ2) is 11.1. The van der Waals surface area contributed by atoms with Crippen LogP contribution in [0.5, 0.6) is 5.75 Å². The molecule has 0 radical (unpaired) electrons. The lowest BCUT2D eigenvalue weighted by atomic mass is 10.2. The van der Waals surface area contributed by atoms with Crippen LogP contribution in [0, 0.1) is 0 Å². The molecule has 1 rings (SSSR count). The monoisotopic (exact) mass is 343 g/mol. The number of hydrogen-bond donors (Lipinski definition) is 2. The van der Waals surface area contributed by atoms with Crippen molar-refractivity contribution in [1.82, 2.24) is 5.32 Å². The van der Waals surface area contributed by atoms with E-state index in [1.54, 1.807) is 0 Å². The zero-order valence-electron chi connectivity index (χ0n) is 12.3. The third kappa shape index (κ3) is 6.73. The van der Waals surface area contributed by atoms with Crippen molar-refractivity contribution in [2.75, 3.05) is 19.8 Å². The average molecular weight is 344 g/mol. The summed E-state index contributed by atoms with van der Waals surface area (Å²) in [7, 11) is 0. The molecule has 2 N–H and O–H groups in total. The molecule has 0 saturated heterocycles. The van der Waals surface area contributed by atoms with Gasteiger partial charge in [0.05, 0.1) is 11.1 Å². The number of rotatable bonds is 11. The normalized spacial score (nSPS) is 10.8. The van der Waals surface area contributed by atoms with Crippen LogP contribution in [0.25, 0.3) is 0 Å². The fraction of sp³-hybridized carbons (Fsp3) is 0.625. The second-order valence-electron chi connectivity index (χ2n) is 4.89. The lowest BCUT2D eigenvalue weighted by molar-refractivity contribution is 0.272. The van der Waals surface area contributed by atoms with Crippen LogP contribution in [0.3, 0.4) is 0 Å². The maximum Gasteiger partial charge on any atom is 0.137 e. The molecule has 0 bridgehead atoms. The number of para-hydroxylation sites is 1. The van der Waals surface area contributed by atoms with Gasteiger partial charge < -0.3 is 15.2 Å². The molecule has 0 heterocycles. The van der Waals surface area contributed by atoms with E-state index in [1.165, 1.54) is 5.56 Å². The van der Waals surface area contributed by atoms with E-state index in [0.717, 1.165) is 62.0 Å². The Kier molecular flexibility index (Phi) is 9.71. The quantitative estimate of drug-likeness (QED) is 0.599. The highest BCUT2D eigenvalue weighted by Gasteiger charge is 2.07. The van der Waals surface area contributed by atoms with Crippen molar-refractivity contribution in [3.05, 3.63) is 28.2 Å². The predicted octanol–water partition coefficient (Wildman–Crippen LogP) is 3.88. The largest absolute Gasteiger partial charge is 0.492 e. The topological polar surface area (TPSA) is 41.5 Å². The zero-order valence-corrected chi connectivity index (χ0v) is 13.9. The highest BCUT2D eigenvalue weighted by atomic mass is 79.9. The number of aliphatic hydroxyl groups excluding tert-OH is 1. The molecule has 0 unspecified atom stereocenters. The molecule has 0 spiro atoms. The van der Waals surface area contributed by atoms with E-state index in [2.05, 4.69) is 34.2 Å². The minimum absolute atomic E-state index is 0.290. The van der Waals surface area contributed by atoms with Gasteiger partial charge in [0, 0.05) is 18.7 Å². The van der Waals surface area contributed by atoms with Crippen molar-refractivity contribution in [3.8, 4) is 5.75 Å². The lowest BCUT2D eigenvalue weighted by Gasteiger charge is -2.14. The third-order valence-electron chi connectivity index (χ3n) is 3.09. The van der Waals surface area contributed by atoms with E-state index >= 15 is 0 Å². The molecule has 3 nitrogen and oxygen atoms in total. The fourth-order valence-electron chi connectivity index (χ4n) is 2.00. The van der Waals surface area contributed by atoms with Crippen LogP contribution in [0.4, 0.5) is 0 Å². The molecule has 114 valence electrons. The van der Waals surface area contributed by atoms with Gasteiger partial charge in [-0.25, -0.2) is 0 Å². The van der Waals surface area contributed by atoms with E-state index in [1.807, 2.05) is 12.1 Å². The standard InChI is InChI=1S/C16H26BrNO2/c1-2-10-18-13-14-8-7-9-15(17)16(14)20-12-6-4-3-5-11-19/h7-9,18-19H,2-6,10-13H2,1H3. The number of hydrogen-bond acceptors (Lipinski definition) is 3. The Bertz CT molecular complexity index is 371. The molecule has 0 aromatic heterocycles. The summed E-state index contributed by atoms with van der Waals surface area (Å²) in [4.78, 5) is 0. The van der Waals surface area contributed by atoms with Crippen LogP contribution < -0.4 is 10.1 Å². The van der Waals surface area contributed by atoms with E-state index in [-0.39, 0.29) is 0 Å². The Morgan fingerprint density at radius 3 is 2.75 bits per heavy atom. The number of aliphatic hydroxyl groups is 1. The lowest BCUT2D eigenvalue weighted by Crippen LogP contribution is -2.15. The maximum atomic E-state index is 8.73. The van der Waals surface area contributed by atoms with Gasteiger partial charge in [-0.15, -0.1) is 0 Å². The Balaban J connectivity index is 2.41. The number of nitrogens with one attached hydrogen (secondary N) is 1. The van der Waals surface area contributed by atoms with Gasteiger partial charge >= 0.3 is 0 Å². The average Bonchev–Trinajstić information content (AvgIpc) is 2.45. The third-order valence-corrected chi connectivity index (χ3v) is 3.71. The van der Waals surface area contributed by atoms with Gasteiger partial charge in [-0.3, -0.25) is 0 Å². The first-order valence-corrected chi connectivity index (χ1v) is 8.30. The first-order chi connectivity index (χ1) is 9.79. The van der Waals surface area contributed by atoms with Crippen molar-refractivity contribution >= 4 is 15.9 Å². The van der Waals surface area contributed by atoms with E-state index in [9.17, 15) is 0 Å². The summed E-state index contributed by atoms with van der Waals surface area (Å²) in [6.07, 6.45) is 5.23. The Morgan fingerprint density at radius 1 is 1.20 bits per heavy atom. The number of benzene rings is 1. The number of halogens is 1. The second-order valence-corrected chi connectivity index (χ2v) is 5.75. The summed E-state index contributed by atoms with van der Waals surface area (Å²) >= 11 is 3.56. The highest BCUT2D eigenvalue weighted by molar-refractivity contribution is 9.10. The van der Waals surface area contributed by atoms with E-state index in [4.69, 9.17) is 9.84 Å². The van der Waals surface area contributed by atoms with Gasteiger partial charge in [-0.2, -0.15) is 0 Å². The number of unbranched alkanes of at least 4 members (excludes halogenated alkanes) is 3. The van der Waals surface area contributed by atoms with Crippen molar-refractivity contribution in [3.63, 3.8) is 0 Å². The fourth-order valence-corrected chi connectivity index (χ4v) is 2.52. The van der Waals surface area contributed by atoms with E-state index < -0.39 is 0 Å². The van der Waals surface area contributed by atoms with Crippen LogP contribution >= 0.6 is 15.9 Å². The summed E-state index contributed by atoms with van der Waals surface area (Å²) in [6, 6.07) is 6.17. The Hall–Kier alpha value is -0.580. The first-order valence-electron chi connectivity index (χ1n) is 7.51. The van der Waals surface area contributed by atoms with Crippen LogP contribution in [0.1, 0.15) is 44.6 Å². The molecular weight excluding hydrogens is 318 g/mol. The molecule has 0 aliphatic heterocycles. The molecule has 1 aromatic rings. The van der Waals surface area contributed by atoms with Crippen molar-refractivity contribution in [2.24, 2.45) is 0 Å². The number of ether oxygens (including phenoxy) is 1. The van der Waals surface area contributed by atoms with Crippen LogP contribution in [0.15, 0.2) is 22.7 Å². The van der Waals surface area contributed by atoms with Crippen molar-refractivity contribution in [2.45, 2.75) is 45.6 Å². The van der Waals surface area contributed by atoms with Crippen LogP contribution in [0.2, 0.25) is 0 Å². The molecular formula is C16H26BrNO2. The summed E-state index contributed by atoms with van der Waals surface area (Å²) in [5.41, 5.74) is 1.20. The molecule has 0 atom stereocenters. The summed E-state index contributed by atoms with van der Waals surface area (Å²) in [5, 5.41) is 12.1. The molecule has 0 saturated carbocycles. The van der Waals surface area contributed by atoms with Gasteiger partial charge in [-0.05, 0) is 54.2 Å². The van der Waals surface area contributed by atoms with Crippen LogP contribution in [-0.2, 0) is 6.54 Å². The molecule has 0 amide bonds. The Labute approximate surface area is 130 Å². The maximum absolute atomic E-state index is 8.73. The predicted molar refractivity (Wildman–Crippen MR) is 87.2 cm³/mol. The SMILES string of the molecule is CCCNCc1cccc(Br)c1OCCCCCCO. The minimum Gasteiger partial charge on any atom is -0.492 e. The van der Waals surface area contributed by atoms with E-state index in [0.29, 0.717) is 6.61 Å². The highest BCUT2D eigenvalue weighted by Crippen LogP contribution is 2.29. The summed E-state index contributed by atoms with van der Waals surface area (Å²) < 4.78 is 6.95. The smallest absolute Gasteiger partial charge is 0.137 e. The van der Waals surface area contributed by atoms with Gasteiger partial charge in [-0.1, -0.05) is 25.5 Å². The zero-order chi connectivity index (χ0) is 14.6. The van der Waals surface area contributed by atoms with Crippen molar-refractivity contribution < 1.29 is 9.84 Å². The van der Waals surface area contributed by atoms with Gasteiger partial charge in [0.15, 0.2) is 0 Å². The summed E-state index contributed by atoms with van der Waals surface area (Å²) in [5.74, 6) is 0.957. The first kappa shape index (κ1) is 17.5. The van der Waals surface area contributed by atoms with Gasteiger partial charge in [0.2, 0.25) is 0 Å². The summed E-state index contributed by atoms with van der Waals surface area (Å²) in [6.45, 7) is 5.05.